The van der Waals surface area contributed by atoms with Gasteiger partial charge >= 0.3 is 5.97 Å². The van der Waals surface area contributed by atoms with Crippen LogP contribution in [0.4, 0.5) is 4.39 Å². The highest BCUT2D eigenvalue weighted by Gasteiger charge is 2.17. The Morgan fingerprint density at radius 1 is 1.07 bits per heavy atom. The number of nitrogens with zero attached hydrogens (tertiary/aromatic N) is 1. The molecule has 3 aromatic rings. The van der Waals surface area contributed by atoms with Crippen LogP contribution in [0.5, 0.6) is 17.2 Å². The van der Waals surface area contributed by atoms with Gasteiger partial charge in [-0.3, -0.25) is 0 Å². The molecule has 0 amide bonds. The highest BCUT2D eigenvalue weighted by Crippen LogP contribution is 2.36. The Labute approximate surface area is 171 Å². The largest absolute Gasteiger partial charge is 0.497 e. The van der Waals surface area contributed by atoms with Crippen molar-refractivity contribution in [2.75, 3.05) is 14.2 Å². The van der Waals surface area contributed by atoms with Gasteiger partial charge in [-0.2, -0.15) is 0 Å². The third kappa shape index (κ3) is 4.57. The van der Waals surface area contributed by atoms with Crippen LogP contribution < -0.4 is 14.2 Å². The second kappa shape index (κ2) is 8.79. The number of pyridine rings is 1. The van der Waals surface area contributed by atoms with E-state index >= 15 is 0 Å². The number of halogens is 2. The minimum absolute atomic E-state index is 0.102. The van der Waals surface area contributed by atoms with Crippen molar-refractivity contribution in [3.05, 3.63) is 70.6 Å². The van der Waals surface area contributed by atoms with Crippen LogP contribution in [0, 0.1) is 5.82 Å². The van der Waals surface area contributed by atoms with Crippen LogP contribution in [0.1, 0.15) is 16.1 Å². The van der Waals surface area contributed by atoms with Crippen molar-refractivity contribution in [3.63, 3.8) is 0 Å². The molecule has 0 bridgehead atoms. The predicted octanol–water partition coefficient (Wildman–Crippen LogP) is 4.84. The van der Waals surface area contributed by atoms with Crippen LogP contribution in [0.25, 0.3) is 11.3 Å². The van der Waals surface area contributed by atoms with E-state index in [4.69, 9.17) is 25.8 Å². The minimum atomic E-state index is -1.21. The van der Waals surface area contributed by atoms with E-state index in [-0.39, 0.29) is 40.1 Å². The molecule has 0 atom stereocenters. The van der Waals surface area contributed by atoms with Crippen LogP contribution in [0.2, 0.25) is 5.02 Å². The number of aromatic nitrogens is 1. The van der Waals surface area contributed by atoms with Crippen molar-refractivity contribution in [1.82, 2.24) is 4.98 Å². The summed E-state index contributed by atoms with van der Waals surface area (Å²) in [6.07, 6.45) is 0. The van der Waals surface area contributed by atoms with Crippen LogP contribution >= 0.6 is 11.6 Å². The van der Waals surface area contributed by atoms with Gasteiger partial charge in [0.05, 0.1) is 14.2 Å². The van der Waals surface area contributed by atoms with Crippen LogP contribution in [-0.2, 0) is 6.61 Å². The molecule has 2 aromatic carbocycles. The van der Waals surface area contributed by atoms with Crippen molar-refractivity contribution >= 4 is 17.6 Å². The predicted molar refractivity (Wildman–Crippen MR) is 105 cm³/mol. The number of benzene rings is 2. The molecule has 0 unspecified atom stereocenters. The summed E-state index contributed by atoms with van der Waals surface area (Å²) in [6, 6.07) is 12.7. The molecule has 1 N–H and O–H groups in total. The number of hydrogen-bond acceptors (Lipinski definition) is 5. The summed E-state index contributed by atoms with van der Waals surface area (Å²) in [5.41, 5.74) is 1.09. The van der Waals surface area contributed by atoms with E-state index in [0.717, 1.165) is 11.6 Å². The number of rotatable bonds is 7. The number of ether oxygens (including phenoxy) is 3. The molecule has 0 spiro atoms. The molecule has 0 saturated heterocycles. The van der Waals surface area contributed by atoms with E-state index in [1.165, 1.54) is 25.3 Å². The van der Waals surface area contributed by atoms with E-state index < -0.39 is 11.8 Å². The molecule has 1 heterocycles. The monoisotopic (exact) mass is 417 g/mol. The standard InChI is InChI=1S/C21H17ClFNO5/c1-27-14-5-3-12(4-6-14)11-29-17-8-7-16(21(25)26)24-20(17)13-9-15(23)19(22)18(10-13)28-2/h3-10H,11H2,1-2H3,(H,25,26). The van der Waals surface area contributed by atoms with E-state index in [1.54, 1.807) is 19.2 Å². The summed E-state index contributed by atoms with van der Waals surface area (Å²) in [6.45, 7) is 0.193. The Morgan fingerprint density at radius 2 is 1.79 bits per heavy atom. The lowest BCUT2D eigenvalue weighted by Crippen LogP contribution is -2.04. The van der Waals surface area contributed by atoms with Gasteiger partial charge in [0.25, 0.3) is 0 Å². The minimum Gasteiger partial charge on any atom is -0.497 e. The molecule has 0 radical (unpaired) electrons. The van der Waals surface area contributed by atoms with Gasteiger partial charge in [-0.1, -0.05) is 23.7 Å². The second-order valence-electron chi connectivity index (χ2n) is 5.96. The lowest BCUT2D eigenvalue weighted by molar-refractivity contribution is 0.0690. The van der Waals surface area contributed by atoms with Gasteiger partial charge in [-0.05, 0) is 42.0 Å². The number of methoxy groups -OCH3 is 2. The maximum Gasteiger partial charge on any atom is 0.354 e. The maximum absolute atomic E-state index is 14.2. The van der Waals surface area contributed by atoms with Crippen molar-refractivity contribution in [2.45, 2.75) is 6.61 Å². The number of hydrogen-bond donors (Lipinski definition) is 1. The Balaban J connectivity index is 1.99. The highest BCUT2D eigenvalue weighted by molar-refractivity contribution is 6.32. The summed E-state index contributed by atoms with van der Waals surface area (Å²) in [5, 5.41) is 9.09. The van der Waals surface area contributed by atoms with E-state index in [1.807, 2.05) is 12.1 Å². The van der Waals surface area contributed by atoms with Gasteiger partial charge in [-0.25, -0.2) is 14.2 Å². The molecule has 0 aliphatic carbocycles. The van der Waals surface area contributed by atoms with E-state index in [2.05, 4.69) is 4.98 Å². The molecule has 0 saturated carbocycles. The summed E-state index contributed by atoms with van der Waals surface area (Å²) in [5.74, 6) is -0.829. The Morgan fingerprint density at radius 3 is 2.41 bits per heavy atom. The Hall–Kier alpha value is -3.32. The fraction of sp³-hybridized carbons (Fsp3) is 0.143. The first-order valence-corrected chi connectivity index (χ1v) is 8.84. The summed E-state index contributed by atoms with van der Waals surface area (Å²) >= 11 is 5.88. The second-order valence-corrected chi connectivity index (χ2v) is 6.34. The average Bonchev–Trinajstić information content (AvgIpc) is 2.74. The van der Waals surface area contributed by atoms with Crippen molar-refractivity contribution < 1.29 is 28.5 Å². The molecule has 0 fully saturated rings. The molecule has 1 aromatic heterocycles. The molecule has 3 rings (SSSR count). The number of aromatic carboxylic acids is 1. The molecule has 0 aliphatic heterocycles. The first-order chi connectivity index (χ1) is 13.9. The molecule has 150 valence electrons. The van der Waals surface area contributed by atoms with Crippen LogP contribution in [0.3, 0.4) is 0 Å². The van der Waals surface area contributed by atoms with Crippen molar-refractivity contribution in [3.8, 4) is 28.5 Å². The summed E-state index contributed by atoms with van der Waals surface area (Å²) in [7, 11) is 2.93. The first kappa shape index (κ1) is 20.4. The average molecular weight is 418 g/mol. The van der Waals surface area contributed by atoms with E-state index in [0.29, 0.717) is 5.75 Å². The normalized spacial score (nSPS) is 10.5. The van der Waals surface area contributed by atoms with Gasteiger partial charge in [-0.15, -0.1) is 0 Å². The maximum atomic E-state index is 14.2. The molecular formula is C21H17ClFNO5. The van der Waals surface area contributed by atoms with Gasteiger partial charge in [0.1, 0.15) is 46.1 Å². The quantitative estimate of drug-likeness (QED) is 0.593. The van der Waals surface area contributed by atoms with E-state index in [9.17, 15) is 14.3 Å². The highest BCUT2D eigenvalue weighted by atomic mass is 35.5. The molecule has 29 heavy (non-hydrogen) atoms. The van der Waals surface area contributed by atoms with Crippen molar-refractivity contribution in [2.24, 2.45) is 0 Å². The summed E-state index contributed by atoms with van der Waals surface area (Å²) in [4.78, 5) is 15.5. The zero-order valence-electron chi connectivity index (χ0n) is 15.6. The molecule has 6 nitrogen and oxygen atoms in total. The number of carboxylic acid groups (broad SMARTS) is 1. The van der Waals surface area contributed by atoms with Gasteiger partial charge in [0.2, 0.25) is 0 Å². The third-order valence-electron chi connectivity index (χ3n) is 4.12. The molecule has 8 heteroatoms. The fourth-order valence-corrected chi connectivity index (χ4v) is 2.81. The number of carboxylic acids is 1. The zero-order valence-corrected chi connectivity index (χ0v) is 16.4. The number of carbonyl (C=O) groups is 1. The smallest absolute Gasteiger partial charge is 0.354 e. The van der Waals surface area contributed by atoms with Crippen LogP contribution in [0.15, 0.2) is 48.5 Å². The lowest BCUT2D eigenvalue weighted by Gasteiger charge is -2.14. The van der Waals surface area contributed by atoms with Crippen molar-refractivity contribution in [1.29, 1.82) is 0 Å². The van der Waals surface area contributed by atoms with Crippen LogP contribution in [-0.4, -0.2) is 30.3 Å². The summed E-state index contributed by atoms with van der Waals surface area (Å²) < 4.78 is 30.3. The fourth-order valence-electron chi connectivity index (χ4n) is 2.62. The van der Waals surface area contributed by atoms with Gasteiger partial charge in [0.15, 0.2) is 0 Å². The zero-order chi connectivity index (χ0) is 21.0. The Bertz CT molecular complexity index is 1040. The Kier molecular flexibility index (Phi) is 6.19. The SMILES string of the molecule is COc1ccc(COc2ccc(C(=O)O)nc2-c2cc(F)c(Cl)c(OC)c2)cc1. The lowest BCUT2D eigenvalue weighted by atomic mass is 10.1. The first-order valence-electron chi connectivity index (χ1n) is 8.46. The third-order valence-corrected chi connectivity index (χ3v) is 4.49. The van der Waals surface area contributed by atoms with Gasteiger partial charge in [0, 0.05) is 5.56 Å². The molecule has 0 aliphatic rings. The molecular weight excluding hydrogens is 401 g/mol. The van der Waals surface area contributed by atoms with Gasteiger partial charge < -0.3 is 19.3 Å². The topological polar surface area (TPSA) is 77.9 Å².